The molecule has 2 heteroatoms. The van der Waals surface area contributed by atoms with E-state index in [1.165, 1.54) is 25.8 Å². The van der Waals surface area contributed by atoms with E-state index in [0.29, 0.717) is 0 Å². The highest BCUT2D eigenvalue weighted by Crippen LogP contribution is 2.23. The highest BCUT2D eigenvalue weighted by molar-refractivity contribution is 4.84. The molecule has 1 fully saturated rings. The predicted octanol–water partition coefficient (Wildman–Crippen LogP) is 2.29. The van der Waals surface area contributed by atoms with E-state index in [2.05, 4.69) is 25.7 Å². The van der Waals surface area contributed by atoms with E-state index < -0.39 is 0 Å². The zero-order valence-corrected chi connectivity index (χ0v) is 9.25. The summed E-state index contributed by atoms with van der Waals surface area (Å²) in [4.78, 5) is 2.59. The van der Waals surface area contributed by atoms with Crippen LogP contribution in [0.25, 0.3) is 0 Å². The van der Waals surface area contributed by atoms with Crippen molar-refractivity contribution in [3.63, 3.8) is 0 Å². The maximum Gasteiger partial charge on any atom is 0.0466 e. The molecule has 0 radical (unpaired) electrons. The molecule has 78 valence electrons. The van der Waals surface area contributed by atoms with Gasteiger partial charge in [-0.1, -0.05) is 0 Å². The molecule has 1 aliphatic heterocycles. The highest BCUT2D eigenvalue weighted by atomic mass is 16.5. The van der Waals surface area contributed by atoms with Gasteiger partial charge in [0.05, 0.1) is 0 Å². The minimum atomic E-state index is 0.728. The van der Waals surface area contributed by atoms with Crippen molar-refractivity contribution in [2.75, 3.05) is 19.8 Å². The summed E-state index contributed by atoms with van der Waals surface area (Å²) in [5.41, 5.74) is 0. The Morgan fingerprint density at radius 3 is 2.69 bits per heavy atom. The molecule has 0 aromatic carbocycles. The summed E-state index contributed by atoms with van der Waals surface area (Å²) < 4.78 is 5.33. The summed E-state index contributed by atoms with van der Waals surface area (Å²) in [7, 11) is 0. The fraction of sp³-hybridized carbons (Fsp3) is 1.00. The quantitative estimate of drug-likeness (QED) is 0.589. The molecule has 1 heterocycles. The number of ether oxygens (including phenoxy) is 1. The van der Waals surface area contributed by atoms with Crippen LogP contribution in [0.5, 0.6) is 0 Å². The monoisotopic (exact) mass is 185 g/mol. The van der Waals surface area contributed by atoms with Crippen LogP contribution in [-0.4, -0.2) is 36.7 Å². The number of nitrogens with zero attached hydrogens (tertiary/aromatic N) is 1. The van der Waals surface area contributed by atoms with Crippen molar-refractivity contribution < 1.29 is 4.74 Å². The van der Waals surface area contributed by atoms with E-state index >= 15 is 0 Å². The Kier molecular flexibility index (Phi) is 4.74. The minimum Gasteiger partial charge on any atom is -0.382 e. The predicted molar refractivity (Wildman–Crippen MR) is 56.0 cm³/mol. The van der Waals surface area contributed by atoms with Gasteiger partial charge in [0, 0.05) is 31.8 Å². The maximum atomic E-state index is 5.33. The van der Waals surface area contributed by atoms with Crippen LogP contribution in [0.2, 0.25) is 0 Å². The molecule has 0 bridgehead atoms. The average molecular weight is 185 g/mol. The van der Waals surface area contributed by atoms with Gasteiger partial charge in [0.2, 0.25) is 0 Å². The maximum absolute atomic E-state index is 5.33. The first-order valence-electron chi connectivity index (χ1n) is 5.59. The van der Waals surface area contributed by atoms with Crippen molar-refractivity contribution in [1.29, 1.82) is 0 Å². The van der Waals surface area contributed by atoms with E-state index in [1.54, 1.807) is 0 Å². The van der Waals surface area contributed by atoms with E-state index in [4.69, 9.17) is 4.74 Å². The minimum absolute atomic E-state index is 0.728. The van der Waals surface area contributed by atoms with Crippen molar-refractivity contribution in [3.05, 3.63) is 0 Å². The zero-order chi connectivity index (χ0) is 9.68. The third-order valence-electron chi connectivity index (χ3n) is 2.88. The van der Waals surface area contributed by atoms with Crippen LogP contribution in [0, 0.1) is 0 Å². The molecule has 1 rings (SSSR count). The first-order valence-corrected chi connectivity index (χ1v) is 5.59. The standard InChI is InChI=1S/C11H23NO/c1-4-13-9-5-6-11-7-8-12(11)10(2)3/h10-11H,4-9H2,1-3H3/t11-/m1/s1. The lowest BCUT2D eigenvalue weighted by molar-refractivity contribution is 0.0416. The van der Waals surface area contributed by atoms with Gasteiger partial charge in [-0.2, -0.15) is 0 Å². The molecule has 1 saturated heterocycles. The molecule has 0 amide bonds. The summed E-state index contributed by atoms with van der Waals surface area (Å²) in [5, 5.41) is 0. The molecule has 0 N–H and O–H groups in total. The van der Waals surface area contributed by atoms with Gasteiger partial charge in [0.15, 0.2) is 0 Å². The molecule has 13 heavy (non-hydrogen) atoms. The van der Waals surface area contributed by atoms with E-state index in [0.717, 1.165) is 25.3 Å². The van der Waals surface area contributed by atoms with Crippen LogP contribution in [0.3, 0.4) is 0 Å². The molecule has 0 spiro atoms. The van der Waals surface area contributed by atoms with Crippen LogP contribution in [0.4, 0.5) is 0 Å². The molecular formula is C11H23NO. The number of hydrogen-bond donors (Lipinski definition) is 0. The number of rotatable bonds is 6. The number of likely N-dealkylation sites (tertiary alicyclic amines) is 1. The van der Waals surface area contributed by atoms with E-state index in [-0.39, 0.29) is 0 Å². The second-order valence-corrected chi connectivity index (χ2v) is 4.11. The van der Waals surface area contributed by atoms with Crippen molar-refractivity contribution in [2.24, 2.45) is 0 Å². The third kappa shape index (κ3) is 3.28. The summed E-state index contributed by atoms with van der Waals surface area (Å²) in [6.07, 6.45) is 3.93. The Labute approximate surface area is 82.3 Å². The van der Waals surface area contributed by atoms with Crippen LogP contribution < -0.4 is 0 Å². The Hall–Kier alpha value is -0.0800. The summed E-state index contributed by atoms with van der Waals surface area (Å²) in [6, 6.07) is 1.58. The van der Waals surface area contributed by atoms with Gasteiger partial charge in [0.25, 0.3) is 0 Å². The van der Waals surface area contributed by atoms with Crippen LogP contribution >= 0.6 is 0 Å². The molecule has 0 aromatic heterocycles. The molecular weight excluding hydrogens is 162 g/mol. The molecule has 0 unspecified atom stereocenters. The Bertz CT molecular complexity index is 136. The topological polar surface area (TPSA) is 12.5 Å². The van der Waals surface area contributed by atoms with E-state index in [1.807, 2.05) is 0 Å². The summed E-state index contributed by atoms with van der Waals surface area (Å²) >= 11 is 0. The van der Waals surface area contributed by atoms with Crippen molar-refractivity contribution in [2.45, 2.75) is 52.1 Å². The lowest BCUT2D eigenvalue weighted by Crippen LogP contribution is -2.51. The summed E-state index contributed by atoms with van der Waals surface area (Å²) in [6.45, 7) is 9.74. The van der Waals surface area contributed by atoms with Crippen molar-refractivity contribution in [3.8, 4) is 0 Å². The van der Waals surface area contributed by atoms with Crippen molar-refractivity contribution in [1.82, 2.24) is 4.90 Å². The van der Waals surface area contributed by atoms with Crippen LogP contribution in [-0.2, 0) is 4.74 Å². The average Bonchev–Trinajstić information content (AvgIpc) is 2.01. The first-order chi connectivity index (χ1) is 6.25. The van der Waals surface area contributed by atoms with Crippen LogP contribution in [0.15, 0.2) is 0 Å². The van der Waals surface area contributed by atoms with Gasteiger partial charge in [-0.3, -0.25) is 4.90 Å². The largest absolute Gasteiger partial charge is 0.382 e. The second kappa shape index (κ2) is 5.61. The van der Waals surface area contributed by atoms with Gasteiger partial charge in [-0.05, 0) is 40.0 Å². The fourth-order valence-corrected chi connectivity index (χ4v) is 2.02. The van der Waals surface area contributed by atoms with Crippen molar-refractivity contribution >= 4 is 0 Å². The highest BCUT2D eigenvalue weighted by Gasteiger charge is 2.28. The Morgan fingerprint density at radius 1 is 1.46 bits per heavy atom. The Morgan fingerprint density at radius 2 is 2.23 bits per heavy atom. The third-order valence-corrected chi connectivity index (χ3v) is 2.88. The normalized spacial score (nSPS) is 23.5. The van der Waals surface area contributed by atoms with Gasteiger partial charge < -0.3 is 4.74 Å². The van der Waals surface area contributed by atoms with Gasteiger partial charge >= 0.3 is 0 Å². The lowest BCUT2D eigenvalue weighted by Gasteiger charge is -2.44. The lowest BCUT2D eigenvalue weighted by atomic mass is 9.96. The molecule has 2 nitrogen and oxygen atoms in total. The van der Waals surface area contributed by atoms with E-state index in [9.17, 15) is 0 Å². The zero-order valence-electron chi connectivity index (χ0n) is 9.25. The smallest absolute Gasteiger partial charge is 0.0466 e. The fourth-order valence-electron chi connectivity index (χ4n) is 2.02. The van der Waals surface area contributed by atoms with Gasteiger partial charge in [-0.25, -0.2) is 0 Å². The molecule has 0 aliphatic carbocycles. The van der Waals surface area contributed by atoms with Gasteiger partial charge in [0.1, 0.15) is 0 Å². The summed E-state index contributed by atoms with van der Waals surface area (Å²) in [5.74, 6) is 0. The Balaban J connectivity index is 2.02. The van der Waals surface area contributed by atoms with Crippen LogP contribution in [0.1, 0.15) is 40.0 Å². The first kappa shape index (κ1) is 11.0. The second-order valence-electron chi connectivity index (χ2n) is 4.11. The molecule has 1 aliphatic rings. The molecule has 0 saturated carbocycles. The SMILES string of the molecule is CCOCCC[C@@H]1CCN1C(C)C. The molecule has 1 atom stereocenters. The number of hydrogen-bond acceptors (Lipinski definition) is 2. The van der Waals surface area contributed by atoms with Gasteiger partial charge in [-0.15, -0.1) is 0 Å². The molecule has 0 aromatic rings.